The first kappa shape index (κ1) is 13.6. The molecular weight excluding hydrogens is 234 g/mol. The lowest BCUT2D eigenvalue weighted by Crippen LogP contribution is -2.22. The number of nitrogens with zero attached hydrogens (tertiary/aromatic N) is 2. The molecule has 0 fully saturated rings. The van der Waals surface area contributed by atoms with Crippen molar-refractivity contribution >= 4 is 5.69 Å². The normalized spacial score (nSPS) is 12.2. The topological polar surface area (TPSA) is 42.1 Å². The number of hydrogen-bond acceptors (Lipinski definition) is 3. The van der Waals surface area contributed by atoms with Crippen LogP contribution in [-0.4, -0.2) is 18.1 Å². The fourth-order valence-corrected chi connectivity index (χ4v) is 2.22. The van der Waals surface area contributed by atoms with Gasteiger partial charge in [0.15, 0.2) is 0 Å². The van der Waals surface area contributed by atoms with E-state index < -0.39 is 0 Å². The number of anilines is 1. The van der Waals surface area contributed by atoms with E-state index in [1.807, 2.05) is 31.3 Å². The Labute approximate surface area is 115 Å². The molecule has 0 amide bonds. The number of pyridine rings is 1. The number of hydrogen-bond donors (Lipinski definition) is 1. The van der Waals surface area contributed by atoms with Crippen LogP contribution >= 0.6 is 0 Å². The summed E-state index contributed by atoms with van der Waals surface area (Å²) in [4.78, 5) is 6.59. The molecule has 2 aromatic rings. The van der Waals surface area contributed by atoms with Crippen LogP contribution in [0.15, 0.2) is 48.7 Å². The fraction of sp³-hybridized carbons (Fsp3) is 0.312. The van der Waals surface area contributed by atoms with Gasteiger partial charge in [-0.05, 0) is 37.1 Å². The second-order valence-electron chi connectivity index (χ2n) is 4.99. The van der Waals surface area contributed by atoms with Gasteiger partial charge in [0.2, 0.25) is 0 Å². The van der Waals surface area contributed by atoms with E-state index in [-0.39, 0.29) is 6.04 Å². The highest BCUT2D eigenvalue weighted by Crippen LogP contribution is 2.21. The van der Waals surface area contributed by atoms with Crippen LogP contribution in [-0.2, 0) is 13.0 Å². The number of nitrogens with two attached hydrogens (primary N) is 1. The van der Waals surface area contributed by atoms with Crippen LogP contribution < -0.4 is 10.6 Å². The van der Waals surface area contributed by atoms with Gasteiger partial charge in [-0.1, -0.05) is 24.3 Å². The fourth-order valence-electron chi connectivity index (χ4n) is 2.22. The van der Waals surface area contributed by atoms with Gasteiger partial charge in [-0.3, -0.25) is 4.98 Å². The molecule has 2 N–H and O–H groups in total. The molecule has 1 aromatic carbocycles. The molecule has 1 heterocycles. The molecule has 1 atom stereocenters. The lowest BCUT2D eigenvalue weighted by Gasteiger charge is -2.23. The summed E-state index contributed by atoms with van der Waals surface area (Å²) in [5.74, 6) is 0. The molecule has 0 bridgehead atoms. The van der Waals surface area contributed by atoms with E-state index in [1.165, 1.54) is 11.3 Å². The molecule has 0 aliphatic heterocycles. The van der Waals surface area contributed by atoms with E-state index in [2.05, 4.69) is 41.2 Å². The van der Waals surface area contributed by atoms with Crippen LogP contribution in [0.25, 0.3) is 0 Å². The van der Waals surface area contributed by atoms with Gasteiger partial charge < -0.3 is 10.6 Å². The van der Waals surface area contributed by atoms with Gasteiger partial charge >= 0.3 is 0 Å². The number of rotatable bonds is 5. The van der Waals surface area contributed by atoms with Crippen molar-refractivity contribution in [3.63, 3.8) is 0 Å². The molecule has 0 spiro atoms. The minimum atomic E-state index is 0.171. The van der Waals surface area contributed by atoms with Gasteiger partial charge in [0.1, 0.15) is 0 Å². The molecule has 3 nitrogen and oxygen atoms in total. The average molecular weight is 255 g/mol. The highest BCUT2D eigenvalue weighted by Gasteiger charge is 2.09. The SMILES string of the molecule is CC(N)Cc1ccccc1N(C)Cc1ccccn1. The molecule has 2 rings (SSSR count). The largest absolute Gasteiger partial charge is 0.368 e. The van der Waals surface area contributed by atoms with Crippen molar-refractivity contribution < 1.29 is 0 Å². The second kappa shape index (κ2) is 6.34. The van der Waals surface area contributed by atoms with Crippen molar-refractivity contribution in [1.82, 2.24) is 4.98 Å². The zero-order chi connectivity index (χ0) is 13.7. The van der Waals surface area contributed by atoms with Crippen LogP contribution in [0.5, 0.6) is 0 Å². The van der Waals surface area contributed by atoms with E-state index >= 15 is 0 Å². The maximum absolute atomic E-state index is 5.92. The summed E-state index contributed by atoms with van der Waals surface area (Å²) in [6.45, 7) is 2.84. The summed E-state index contributed by atoms with van der Waals surface area (Å²) in [7, 11) is 2.09. The maximum atomic E-state index is 5.92. The predicted octanol–water partition coefficient (Wildman–Crippen LogP) is 2.61. The van der Waals surface area contributed by atoms with Gasteiger partial charge in [0.25, 0.3) is 0 Å². The number of para-hydroxylation sites is 1. The Kier molecular flexibility index (Phi) is 4.53. The minimum absolute atomic E-state index is 0.171. The quantitative estimate of drug-likeness (QED) is 0.893. The molecule has 0 saturated heterocycles. The summed E-state index contributed by atoms with van der Waals surface area (Å²) < 4.78 is 0. The molecule has 100 valence electrons. The number of aromatic nitrogens is 1. The highest BCUT2D eigenvalue weighted by molar-refractivity contribution is 5.53. The molecule has 0 aliphatic carbocycles. The Morgan fingerprint density at radius 1 is 1.16 bits per heavy atom. The molecule has 19 heavy (non-hydrogen) atoms. The van der Waals surface area contributed by atoms with Crippen molar-refractivity contribution in [3.05, 3.63) is 59.9 Å². The summed E-state index contributed by atoms with van der Waals surface area (Å²) in [5.41, 5.74) is 9.50. The van der Waals surface area contributed by atoms with Crippen LogP contribution in [0.3, 0.4) is 0 Å². The van der Waals surface area contributed by atoms with Crippen molar-refractivity contribution in [2.24, 2.45) is 5.73 Å². The first-order chi connectivity index (χ1) is 9.16. The smallest absolute Gasteiger partial charge is 0.0598 e. The van der Waals surface area contributed by atoms with Crippen LogP contribution in [0, 0.1) is 0 Å². The summed E-state index contributed by atoms with van der Waals surface area (Å²) >= 11 is 0. The third kappa shape index (κ3) is 3.80. The van der Waals surface area contributed by atoms with Crippen molar-refractivity contribution in [2.45, 2.75) is 25.9 Å². The van der Waals surface area contributed by atoms with Crippen molar-refractivity contribution in [2.75, 3.05) is 11.9 Å². The molecule has 0 saturated carbocycles. The Balaban J connectivity index is 2.16. The molecule has 3 heteroatoms. The van der Waals surface area contributed by atoms with E-state index in [1.54, 1.807) is 0 Å². The van der Waals surface area contributed by atoms with Gasteiger partial charge in [-0.15, -0.1) is 0 Å². The van der Waals surface area contributed by atoms with Crippen LogP contribution in [0.2, 0.25) is 0 Å². The molecular formula is C16H21N3. The molecule has 0 aliphatic rings. The van der Waals surface area contributed by atoms with Gasteiger partial charge in [0.05, 0.1) is 12.2 Å². The number of benzene rings is 1. The van der Waals surface area contributed by atoms with E-state index in [9.17, 15) is 0 Å². The third-order valence-electron chi connectivity index (χ3n) is 3.07. The first-order valence-electron chi connectivity index (χ1n) is 6.61. The zero-order valence-corrected chi connectivity index (χ0v) is 11.6. The maximum Gasteiger partial charge on any atom is 0.0598 e. The lowest BCUT2D eigenvalue weighted by molar-refractivity contribution is 0.733. The minimum Gasteiger partial charge on any atom is -0.368 e. The van der Waals surface area contributed by atoms with Gasteiger partial charge in [-0.25, -0.2) is 0 Å². The zero-order valence-electron chi connectivity index (χ0n) is 11.6. The van der Waals surface area contributed by atoms with Crippen LogP contribution in [0.4, 0.5) is 5.69 Å². The molecule has 1 aromatic heterocycles. The summed E-state index contributed by atoms with van der Waals surface area (Å²) in [6.07, 6.45) is 2.72. The lowest BCUT2D eigenvalue weighted by atomic mass is 10.0. The summed E-state index contributed by atoms with van der Waals surface area (Å²) in [5, 5.41) is 0. The Morgan fingerprint density at radius 2 is 1.89 bits per heavy atom. The van der Waals surface area contributed by atoms with Crippen molar-refractivity contribution in [1.29, 1.82) is 0 Å². The van der Waals surface area contributed by atoms with Gasteiger partial charge in [0, 0.05) is 25.0 Å². The Hall–Kier alpha value is -1.87. The van der Waals surface area contributed by atoms with Crippen LogP contribution in [0.1, 0.15) is 18.2 Å². The standard InChI is InChI=1S/C16H21N3/c1-13(17)11-14-7-3-4-9-16(14)19(2)12-15-8-5-6-10-18-15/h3-10,13H,11-12,17H2,1-2H3. The second-order valence-corrected chi connectivity index (χ2v) is 4.99. The molecule has 0 radical (unpaired) electrons. The van der Waals surface area contributed by atoms with Crippen molar-refractivity contribution in [3.8, 4) is 0 Å². The van der Waals surface area contributed by atoms with Gasteiger partial charge in [-0.2, -0.15) is 0 Å². The van der Waals surface area contributed by atoms with E-state index in [0.29, 0.717) is 0 Å². The predicted molar refractivity (Wildman–Crippen MR) is 80.1 cm³/mol. The monoisotopic (exact) mass is 255 g/mol. The van der Waals surface area contributed by atoms with E-state index in [0.717, 1.165) is 18.7 Å². The highest BCUT2D eigenvalue weighted by atomic mass is 15.1. The average Bonchev–Trinajstić information content (AvgIpc) is 2.39. The Bertz CT molecular complexity index is 508. The molecule has 1 unspecified atom stereocenters. The summed E-state index contributed by atoms with van der Waals surface area (Å²) in [6, 6.07) is 14.6. The van der Waals surface area contributed by atoms with E-state index in [4.69, 9.17) is 5.73 Å². The third-order valence-corrected chi connectivity index (χ3v) is 3.07. The first-order valence-corrected chi connectivity index (χ1v) is 6.61. The Morgan fingerprint density at radius 3 is 2.58 bits per heavy atom.